The summed E-state index contributed by atoms with van der Waals surface area (Å²) in [7, 11) is 0. The van der Waals surface area contributed by atoms with Crippen molar-refractivity contribution >= 4 is 6.15 Å². The first-order valence-electron chi connectivity index (χ1n) is 1.03. The van der Waals surface area contributed by atoms with Crippen LogP contribution >= 0.6 is 0 Å². The Morgan fingerprint density at radius 2 is 1.11 bits per heavy atom. The van der Waals surface area contributed by atoms with Crippen molar-refractivity contribution in [3.05, 3.63) is 0 Å². The van der Waals surface area contributed by atoms with Crippen LogP contribution in [0.4, 0.5) is 0 Å². The summed E-state index contributed by atoms with van der Waals surface area (Å²) in [4.78, 5) is 16.2. The fourth-order valence-electron chi connectivity index (χ4n) is 0. The number of carbonyl (C=O) groups excluding carboxylic acids is 2. The quantitative estimate of drug-likeness (QED) is 0.363. The van der Waals surface area contributed by atoms with Gasteiger partial charge in [0.25, 0.3) is 0 Å². The van der Waals surface area contributed by atoms with Gasteiger partial charge in [0.2, 0.25) is 0 Å². The molecule has 0 atom stereocenters. The SMILES string of the molecule is O=C=O.[K+].[O]=[Mn](=[O])(=[O])[O-]. The van der Waals surface area contributed by atoms with Gasteiger partial charge >= 0.3 is 86.2 Å². The van der Waals surface area contributed by atoms with Crippen LogP contribution in [0.15, 0.2) is 0 Å². The Morgan fingerprint density at radius 3 is 1.11 bits per heavy atom. The molecule has 0 spiro atoms. The van der Waals surface area contributed by atoms with E-state index in [1.165, 1.54) is 0 Å². The van der Waals surface area contributed by atoms with Crippen LogP contribution in [0.25, 0.3) is 0 Å². The van der Waals surface area contributed by atoms with Gasteiger partial charge in [-0.1, -0.05) is 0 Å². The summed E-state index contributed by atoms with van der Waals surface area (Å²) < 4.78 is 34.3. The van der Waals surface area contributed by atoms with E-state index in [0.717, 1.165) is 0 Å². The average Bonchev–Trinajstić information content (AvgIpc) is 1.27. The summed E-state index contributed by atoms with van der Waals surface area (Å²) in [5.74, 6) is 0. The van der Waals surface area contributed by atoms with E-state index in [0.29, 0.717) is 0 Å². The van der Waals surface area contributed by atoms with E-state index in [1.54, 1.807) is 0 Å². The van der Waals surface area contributed by atoms with Crippen molar-refractivity contribution < 1.29 is 89.6 Å². The molecule has 0 aliphatic heterocycles. The summed E-state index contributed by atoms with van der Waals surface area (Å²) in [5.41, 5.74) is 0. The fourth-order valence-corrected chi connectivity index (χ4v) is 0. The number of rotatable bonds is 0. The molecule has 0 rings (SSSR count). The van der Waals surface area contributed by atoms with Gasteiger partial charge in [0, 0.05) is 0 Å². The Morgan fingerprint density at radius 1 is 1.11 bits per heavy atom. The summed E-state index contributed by atoms with van der Waals surface area (Å²) in [6, 6.07) is 0. The molecule has 0 aliphatic carbocycles. The normalized spacial score (nSPS) is 7.22. The zero-order valence-electron chi connectivity index (χ0n) is 4.33. The predicted octanol–water partition coefficient (Wildman–Crippen LogP) is -5.13. The van der Waals surface area contributed by atoms with Crippen molar-refractivity contribution in [2.45, 2.75) is 0 Å². The van der Waals surface area contributed by atoms with E-state index in [1.807, 2.05) is 0 Å². The minimum atomic E-state index is -5.62. The first-order chi connectivity index (χ1) is 3.41. The summed E-state index contributed by atoms with van der Waals surface area (Å²) in [5, 5.41) is 0. The predicted molar refractivity (Wildman–Crippen MR) is 7.07 cm³/mol. The van der Waals surface area contributed by atoms with Crippen molar-refractivity contribution in [1.82, 2.24) is 0 Å². The van der Waals surface area contributed by atoms with Gasteiger partial charge in [0.1, 0.15) is 0 Å². The third-order valence-corrected chi connectivity index (χ3v) is 0. The molecule has 0 aromatic heterocycles. The summed E-state index contributed by atoms with van der Waals surface area (Å²) >= 11 is -5.62. The third-order valence-electron chi connectivity index (χ3n) is 0. The van der Waals surface area contributed by atoms with Gasteiger partial charge in [-0.05, 0) is 0 Å². The maximum absolute atomic E-state index is 8.58. The van der Waals surface area contributed by atoms with E-state index < -0.39 is 13.0 Å². The van der Waals surface area contributed by atoms with Gasteiger partial charge in [-0.2, -0.15) is 9.59 Å². The molecular formula is CKMnO6. The second kappa shape index (κ2) is 8.90. The monoisotopic (exact) mass is 202 g/mol. The first-order valence-corrected chi connectivity index (χ1v) is 2.95. The number of hydrogen-bond acceptors (Lipinski definition) is 6. The topological polar surface area (TPSA) is 108 Å². The van der Waals surface area contributed by atoms with Gasteiger partial charge in [0.15, 0.2) is 0 Å². The average molecular weight is 202 g/mol. The molecule has 8 heteroatoms. The van der Waals surface area contributed by atoms with Gasteiger partial charge in [-0.25, -0.2) is 0 Å². The van der Waals surface area contributed by atoms with Crippen LogP contribution in [-0.4, -0.2) is 6.15 Å². The van der Waals surface area contributed by atoms with Gasteiger partial charge < -0.3 is 0 Å². The van der Waals surface area contributed by atoms with E-state index >= 15 is 0 Å². The second-order valence-corrected chi connectivity index (χ2v) is 1.64. The van der Waals surface area contributed by atoms with Gasteiger partial charge in [-0.3, -0.25) is 0 Å². The molecule has 0 bridgehead atoms. The zero-order valence-corrected chi connectivity index (χ0v) is 8.63. The minimum absolute atomic E-state index is 0. The molecule has 0 aromatic rings. The molecule has 0 saturated heterocycles. The van der Waals surface area contributed by atoms with Crippen LogP contribution < -0.4 is 55.6 Å². The zero-order chi connectivity index (χ0) is 7.21. The van der Waals surface area contributed by atoms with Crippen molar-refractivity contribution in [3.8, 4) is 0 Å². The maximum atomic E-state index is 8.58. The summed E-state index contributed by atoms with van der Waals surface area (Å²) in [6.45, 7) is 0. The van der Waals surface area contributed by atoms with Crippen molar-refractivity contribution in [2.75, 3.05) is 0 Å². The molecule has 0 radical (unpaired) electrons. The Bertz CT molecular complexity index is 196. The van der Waals surface area contributed by atoms with Crippen LogP contribution in [0.1, 0.15) is 0 Å². The molecule has 0 N–H and O–H groups in total. The number of hydrogen-bond donors (Lipinski definition) is 0. The van der Waals surface area contributed by atoms with Crippen LogP contribution in [0.3, 0.4) is 0 Å². The molecule has 0 amide bonds. The molecule has 0 aromatic carbocycles. The van der Waals surface area contributed by atoms with E-state index in [-0.39, 0.29) is 57.5 Å². The molecule has 0 saturated carbocycles. The Hall–Kier alpha value is 0.896. The molecular weight excluding hydrogens is 202 g/mol. The Kier molecular flexibility index (Phi) is 16.3. The van der Waals surface area contributed by atoms with Crippen LogP contribution in [0, 0.1) is 0 Å². The molecule has 9 heavy (non-hydrogen) atoms. The first kappa shape index (κ1) is 16.5. The third kappa shape index (κ3) is 527. The van der Waals surface area contributed by atoms with Crippen molar-refractivity contribution in [2.24, 2.45) is 0 Å². The summed E-state index contributed by atoms with van der Waals surface area (Å²) in [6.07, 6.45) is 0.250. The molecule has 6 nitrogen and oxygen atoms in total. The van der Waals surface area contributed by atoms with E-state index in [9.17, 15) is 0 Å². The second-order valence-electron chi connectivity index (χ2n) is 0.461. The van der Waals surface area contributed by atoms with Gasteiger partial charge in [0.05, 0.1) is 0 Å². The Labute approximate surface area is 94.2 Å². The fraction of sp³-hybridized carbons (Fsp3) is 0. The molecule has 0 fully saturated rings. The molecule has 48 valence electrons. The molecule has 0 aliphatic rings. The van der Waals surface area contributed by atoms with Gasteiger partial charge in [-0.15, -0.1) is 0 Å². The van der Waals surface area contributed by atoms with Crippen molar-refractivity contribution in [3.63, 3.8) is 0 Å². The van der Waals surface area contributed by atoms with Crippen LogP contribution in [-0.2, 0) is 34.1 Å². The van der Waals surface area contributed by atoms with Crippen molar-refractivity contribution in [1.29, 1.82) is 0 Å². The standard InChI is InChI=1S/CO2.K.Mn.4O/c2-1-3;;;;;;/q;+1;;;;;-1. The Balaban J connectivity index is -0.0000000800. The molecule has 0 unspecified atom stereocenters. The van der Waals surface area contributed by atoms with E-state index in [4.69, 9.17) is 25.3 Å². The van der Waals surface area contributed by atoms with E-state index in [2.05, 4.69) is 0 Å². The van der Waals surface area contributed by atoms with Crippen LogP contribution in [0.2, 0.25) is 0 Å². The van der Waals surface area contributed by atoms with Crippen LogP contribution in [0.5, 0.6) is 0 Å². The molecule has 0 heterocycles.